The van der Waals surface area contributed by atoms with E-state index < -0.39 is 0 Å². The highest BCUT2D eigenvalue weighted by molar-refractivity contribution is 4.87. The van der Waals surface area contributed by atoms with Gasteiger partial charge in [0.1, 0.15) is 0 Å². The third kappa shape index (κ3) is 45.1. The van der Waals surface area contributed by atoms with Crippen molar-refractivity contribution in [3.05, 3.63) is 24.8 Å². The number of hydrogen-bond donors (Lipinski definition) is 0. The van der Waals surface area contributed by atoms with E-state index in [0.717, 1.165) is 6.42 Å². The molecule has 0 N–H and O–H groups in total. The summed E-state index contributed by atoms with van der Waals surface area (Å²) < 4.78 is 0. The Kier molecular flexibility index (Phi) is 52.2. The first kappa shape index (κ1) is 26.1. The highest BCUT2D eigenvalue weighted by Gasteiger charge is 1.88. The minimum atomic E-state index is 0.633. The van der Waals surface area contributed by atoms with Gasteiger partial charge >= 0.3 is 0 Å². The summed E-state index contributed by atoms with van der Waals surface area (Å²) in [5.41, 5.74) is 0. The molecular weight excluding hydrogens is 216 g/mol. The maximum absolute atomic E-state index is 3.73. The molecule has 0 nitrogen and oxygen atoms in total. The molecule has 1 unspecified atom stereocenters. The fraction of sp³-hybridized carbons (Fsp3) is 0.778. The molecule has 0 heteroatoms. The van der Waals surface area contributed by atoms with Gasteiger partial charge in [-0.25, -0.2) is 0 Å². The molecule has 0 saturated carbocycles. The van der Waals surface area contributed by atoms with Gasteiger partial charge in [-0.05, 0) is 18.8 Å². The van der Waals surface area contributed by atoms with Crippen molar-refractivity contribution >= 4 is 0 Å². The van der Waals surface area contributed by atoms with Crippen LogP contribution in [-0.2, 0) is 0 Å². The Hall–Kier alpha value is -0.520. The Balaban J connectivity index is -0.000000102. The molecule has 0 aliphatic rings. The second-order valence-electron chi connectivity index (χ2n) is 3.71. The summed E-state index contributed by atoms with van der Waals surface area (Å²) in [7, 11) is 0. The predicted molar refractivity (Wildman–Crippen MR) is 91.3 cm³/mol. The van der Waals surface area contributed by atoms with Gasteiger partial charge in [-0.15, -0.1) is 6.58 Å². The smallest absolute Gasteiger partial charge is 0.0230 e. The van der Waals surface area contributed by atoms with E-state index in [9.17, 15) is 0 Å². The molecule has 0 aromatic rings. The summed E-state index contributed by atoms with van der Waals surface area (Å²) in [4.78, 5) is 0. The van der Waals surface area contributed by atoms with Crippen LogP contribution in [0.25, 0.3) is 0 Å². The Morgan fingerprint density at radius 3 is 1.56 bits per heavy atom. The minimum absolute atomic E-state index is 0.633. The zero-order valence-corrected chi connectivity index (χ0v) is 14.6. The molecule has 0 heterocycles. The monoisotopic (exact) mass is 256 g/mol. The summed E-state index contributed by atoms with van der Waals surface area (Å²) in [6, 6.07) is 0. The first-order chi connectivity index (χ1) is 8.72. The summed E-state index contributed by atoms with van der Waals surface area (Å²) in [6.07, 6.45) is 12.7. The lowest BCUT2D eigenvalue weighted by atomic mass is 10.1. The normalized spacial score (nSPS) is 10.0. The number of hydrogen-bond acceptors (Lipinski definition) is 0. The average molecular weight is 257 g/mol. The van der Waals surface area contributed by atoms with E-state index in [1.54, 1.807) is 0 Å². The van der Waals surface area contributed by atoms with Gasteiger partial charge in [-0.2, -0.15) is 0 Å². The first-order valence-corrected chi connectivity index (χ1v) is 8.00. The average Bonchev–Trinajstić information content (AvgIpc) is 2.47. The van der Waals surface area contributed by atoms with Crippen molar-refractivity contribution in [2.24, 2.45) is 5.92 Å². The first-order valence-electron chi connectivity index (χ1n) is 8.00. The zero-order chi connectivity index (χ0) is 15.2. The molecule has 18 heavy (non-hydrogen) atoms. The van der Waals surface area contributed by atoms with Gasteiger partial charge in [0.05, 0.1) is 0 Å². The van der Waals surface area contributed by atoms with E-state index >= 15 is 0 Å². The third-order valence-corrected chi connectivity index (χ3v) is 2.03. The number of allylic oxidation sites excluding steroid dienone is 3. The molecule has 0 saturated heterocycles. The molecule has 0 aliphatic heterocycles. The molecule has 0 aromatic carbocycles. The van der Waals surface area contributed by atoms with Gasteiger partial charge in [0.15, 0.2) is 0 Å². The Morgan fingerprint density at radius 2 is 1.28 bits per heavy atom. The van der Waals surface area contributed by atoms with Crippen LogP contribution in [0.2, 0.25) is 0 Å². The highest BCUT2D eigenvalue weighted by Crippen LogP contribution is 2.03. The highest BCUT2D eigenvalue weighted by atomic mass is 13.9. The standard InChI is InChI=1S/C10H18.C4H10.2C2H6/c1-4-6-7-8-9-10(3)5-2;1-3-4-2;2*1-2/h5,7-8,10H,2,4,6,9H2,1,3H3;3-4H2,1-2H3;2*1-2H3/b8-7-;;;. The van der Waals surface area contributed by atoms with Crippen LogP contribution >= 0.6 is 0 Å². The fourth-order valence-corrected chi connectivity index (χ4v) is 0.692. The molecule has 0 rings (SSSR count). The maximum Gasteiger partial charge on any atom is -0.0230 e. The van der Waals surface area contributed by atoms with E-state index in [4.69, 9.17) is 0 Å². The molecule has 0 aromatic heterocycles. The van der Waals surface area contributed by atoms with Gasteiger partial charge in [-0.3, -0.25) is 0 Å². The molecule has 0 fully saturated rings. The topological polar surface area (TPSA) is 0 Å². The van der Waals surface area contributed by atoms with Gasteiger partial charge < -0.3 is 0 Å². The Labute approximate surface area is 119 Å². The zero-order valence-electron chi connectivity index (χ0n) is 14.6. The van der Waals surface area contributed by atoms with E-state index in [1.807, 2.05) is 33.8 Å². The van der Waals surface area contributed by atoms with Crippen LogP contribution in [0.5, 0.6) is 0 Å². The SMILES string of the molecule is C=CC(C)C/C=C\CCC.CC.CC.CCCC. The van der Waals surface area contributed by atoms with Crippen LogP contribution < -0.4 is 0 Å². The van der Waals surface area contributed by atoms with Crippen molar-refractivity contribution in [2.45, 2.75) is 87.5 Å². The van der Waals surface area contributed by atoms with E-state index in [2.05, 4.69) is 46.4 Å². The van der Waals surface area contributed by atoms with Crippen LogP contribution in [0.4, 0.5) is 0 Å². The summed E-state index contributed by atoms with van der Waals surface area (Å²) in [5, 5.41) is 0. The predicted octanol–water partition coefficient (Wildman–Crippen LogP) is 7.41. The quantitative estimate of drug-likeness (QED) is 0.434. The van der Waals surface area contributed by atoms with E-state index in [-0.39, 0.29) is 0 Å². The molecule has 0 spiro atoms. The number of rotatable bonds is 6. The van der Waals surface area contributed by atoms with Crippen LogP contribution in [0.15, 0.2) is 24.8 Å². The molecule has 1 atom stereocenters. The summed E-state index contributed by atoms with van der Waals surface area (Å²) >= 11 is 0. The lowest BCUT2D eigenvalue weighted by Gasteiger charge is -1.97. The fourth-order valence-electron chi connectivity index (χ4n) is 0.692. The van der Waals surface area contributed by atoms with Crippen molar-refractivity contribution in [3.8, 4) is 0 Å². The van der Waals surface area contributed by atoms with Gasteiger partial charge in [-0.1, -0.05) is 92.9 Å². The van der Waals surface area contributed by atoms with Crippen molar-refractivity contribution in [3.63, 3.8) is 0 Å². The van der Waals surface area contributed by atoms with Gasteiger partial charge in [0.2, 0.25) is 0 Å². The second-order valence-corrected chi connectivity index (χ2v) is 3.71. The Morgan fingerprint density at radius 1 is 0.833 bits per heavy atom. The van der Waals surface area contributed by atoms with Crippen LogP contribution in [-0.4, -0.2) is 0 Å². The molecule has 0 amide bonds. The molecule has 0 radical (unpaired) electrons. The lowest BCUT2D eigenvalue weighted by Crippen LogP contribution is -1.83. The van der Waals surface area contributed by atoms with Crippen LogP contribution in [0.1, 0.15) is 87.5 Å². The van der Waals surface area contributed by atoms with Crippen molar-refractivity contribution < 1.29 is 0 Å². The largest absolute Gasteiger partial charge is 0.103 e. The van der Waals surface area contributed by atoms with Gasteiger partial charge in [0, 0.05) is 0 Å². The minimum Gasteiger partial charge on any atom is -0.103 e. The molecule has 0 bridgehead atoms. The Bertz CT molecular complexity index is 120. The number of unbranched alkanes of at least 4 members (excludes halogenated alkanes) is 2. The third-order valence-electron chi connectivity index (χ3n) is 2.03. The van der Waals surface area contributed by atoms with E-state index in [1.165, 1.54) is 25.7 Å². The van der Waals surface area contributed by atoms with E-state index in [0.29, 0.717) is 5.92 Å². The van der Waals surface area contributed by atoms with Crippen molar-refractivity contribution in [1.29, 1.82) is 0 Å². The van der Waals surface area contributed by atoms with Crippen molar-refractivity contribution in [2.75, 3.05) is 0 Å². The molecule has 0 aliphatic carbocycles. The van der Waals surface area contributed by atoms with Crippen LogP contribution in [0, 0.1) is 5.92 Å². The lowest BCUT2D eigenvalue weighted by molar-refractivity contribution is 0.743. The summed E-state index contributed by atoms with van der Waals surface area (Å²) in [5.74, 6) is 0.633. The molecule has 112 valence electrons. The maximum atomic E-state index is 3.73. The van der Waals surface area contributed by atoms with Crippen LogP contribution in [0.3, 0.4) is 0 Å². The summed E-state index contributed by atoms with van der Waals surface area (Å²) in [6.45, 7) is 20.5. The van der Waals surface area contributed by atoms with Crippen molar-refractivity contribution in [1.82, 2.24) is 0 Å². The molecular formula is C18H40. The second kappa shape index (κ2) is 36.0. The van der Waals surface area contributed by atoms with Gasteiger partial charge in [0.25, 0.3) is 0 Å².